The van der Waals surface area contributed by atoms with Gasteiger partial charge >= 0.3 is 12.2 Å². The quantitative estimate of drug-likeness (QED) is 0.185. The topological polar surface area (TPSA) is 149 Å². The van der Waals surface area contributed by atoms with Gasteiger partial charge in [-0.15, -0.1) is 0 Å². The Morgan fingerprint density at radius 1 is 1.06 bits per heavy atom. The third-order valence-electron chi connectivity index (χ3n) is 5.06. The minimum atomic E-state index is -1.22. The summed E-state index contributed by atoms with van der Waals surface area (Å²) in [6.45, 7) is 9.97. The van der Waals surface area contributed by atoms with Gasteiger partial charge in [-0.1, -0.05) is 12.1 Å². The zero-order chi connectivity index (χ0) is 25.4. The van der Waals surface area contributed by atoms with E-state index in [2.05, 4.69) is 44.1 Å². The van der Waals surface area contributed by atoms with Crippen molar-refractivity contribution in [1.82, 2.24) is 21.5 Å². The second kappa shape index (κ2) is 12.4. The number of ether oxygens (including phenoxy) is 1. The molecule has 6 N–H and O–H groups in total. The van der Waals surface area contributed by atoms with Crippen molar-refractivity contribution in [3.05, 3.63) is 33.4 Å². The SMILES string of the molecule is C[C@H](NC(=O)O)C(C)(C)C(=O)NNC[C@H](O)[C@H](Cc1ccc(I)cc1)NC(=O)OC(C)(C)C. The van der Waals surface area contributed by atoms with Crippen LogP contribution < -0.4 is 21.5 Å². The molecule has 1 aromatic carbocycles. The number of amides is 3. The van der Waals surface area contributed by atoms with Gasteiger partial charge in [0.1, 0.15) is 5.60 Å². The van der Waals surface area contributed by atoms with Gasteiger partial charge in [-0.3, -0.25) is 10.2 Å². The minimum absolute atomic E-state index is 0.0621. The van der Waals surface area contributed by atoms with E-state index in [4.69, 9.17) is 9.84 Å². The van der Waals surface area contributed by atoms with E-state index in [9.17, 15) is 19.5 Å². The van der Waals surface area contributed by atoms with Crippen LogP contribution in [0.1, 0.15) is 47.1 Å². The fourth-order valence-corrected chi connectivity index (χ4v) is 3.08. The summed E-state index contributed by atoms with van der Waals surface area (Å²) in [4.78, 5) is 35.7. The summed E-state index contributed by atoms with van der Waals surface area (Å²) in [5.74, 6) is -0.453. The number of carbonyl (C=O) groups excluding carboxylic acids is 2. The van der Waals surface area contributed by atoms with E-state index < -0.39 is 47.3 Å². The molecule has 0 bridgehead atoms. The highest BCUT2D eigenvalue weighted by Crippen LogP contribution is 2.20. The summed E-state index contributed by atoms with van der Waals surface area (Å²) in [7, 11) is 0. The molecule has 0 saturated carbocycles. The third kappa shape index (κ3) is 10.6. The molecule has 0 fully saturated rings. The molecule has 11 heteroatoms. The number of benzene rings is 1. The number of nitrogens with one attached hydrogen (secondary N) is 4. The first-order chi connectivity index (χ1) is 15.1. The van der Waals surface area contributed by atoms with Gasteiger partial charge in [-0.25, -0.2) is 15.0 Å². The number of aliphatic hydroxyl groups excluding tert-OH is 1. The smallest absolute Gasteiger partial charge is 0.407 e. The zero-order valence-corrected chi connectivity index (χ0v) is 22.0. The maximum Gasteiger partial charge on any atom is 0.407 e. The second-order valence-electron chi connectivity index (χ2n) is 9.38. The molecule has 3 atom stereocenters. The number of halogens is 1. The van der Waals surface area contributed by atoms with Gasteiger partial charge in [0, 0.05) is 16.2 Å². The van der Waals surface area contributed by atoms with Crippen LogP contribution in [0, 0.1) is 8.99 Å². The van der Waals surface area contributed by atoms with Gasteiger partial charge < -0.3 is 25.6 Å². The molecular weight excluding hydrogens is 543 g/mol. The highest BCUT2D eigenvalue weighted by atomic mass is 127. The van der Waals surface area contributed by atoms with E-state index in [1.165, 1.54) is 0 Å². The first kappa shape index (κ1) is 28.9. The van der Waals surface area contributed by atoms with Crippen molar-refractivity contribution >= 4 is 40.7 Å². The van der Waals surface area contributed by atoms with Crippen LogP contribution in [0.15, 0.2) is 24.3 Å². The Bertz CT molecular complexity index is 810. The van der Waals surface area contributed by atoms with Crippen LogP contribution in [0.2, 0.25) is 0 Å². The summed E-state index contributed by atoms with van der Waals surface area (Å²) in [5, 5.41) is 24.6. The monoisotopic (exact) mass is 578 g/mol. The lowest BCUT2D eigenvalue weighted by Gasteiger charge is -2.31. The Labute approximate surface area is 208 Å². The number of carboxylic acid groups (broad SMARTS) is 1. The summed E-state index contributed by atoms with van der Waals surface area (Å²) in [5.41, 5.74) is 4.34. The Morgan fingerprint density at radius 3 is 2.15 bits per heavy atom. The molecule has 0 heterocycles. The first-order valence-corrected chi connectivity index (χ1v) is 11.6. The Hall–Kier alpha value is -2.12. The van der Waals surface area contributed by atoms with Crippen LogP contribution in [0.5, 0.6) is 0 Å². The van der Waals surface area contributed by atoms with Crippen molar-refractivity contribution in [3.63, 3.8) is 0 Å². The molecule has 10 nitrogen and oxygen atoms in total. The van der Waals surface area contributed by atoms with Crippen molar-refractivity contribution in [3.8, 4) is 0 Å². The number of hydrogen-bond donors (Lipinski definition) is 6. The molecule has 0 aromatic heterocycles. The zero-order valence-electron chi connectivity index (χ0n) is 19.9. The fraction of sp³-hybridized carbons (Fsp3) is 0.591. The minimum Gasteiger partial charge on any atom is -0.465 e. The number of hydrogen-bond acceptors (Lipinski definition) is 6. The molecule has 0 spiro atoms. The molecule has 0 aliphatic carbocycles. The van der Waals surface area contributed by atoms with E-state index in [1.807, 2.05) is 24.3 Å². The van der Waals surface area contributed by atoms with Gasteiger partial charge in [0.05, 0.1) is 17.6 Å². The standard InChI is InChI=1S/C22H35IN4O6/c1-13(25-19(30)31)22(5,6)18(29)27-24-12-17(28)16(26-20(32)33-21(2,3)4)11-14-7-9-15(23)10-8-14/h7-10,13,16-17,24-25,28H,11-12H2,1-6H3,(H,26,32)(H,27,29)(H,30,31)/t13-,16-,17-/m0/s1. The van der Waals surface area contributed by atoms with Gasteiger partial charge in [-0.05, 0) is 88.3 Å². The van der Waals surface area contributed by atoms with Gasteiger partial charge in [0.2, 0.25) is 5.91 Å². The molecule has 186 valence electrons. The Kier molecular flexibility index (Phi) is 10.8. The lowest BCUT2D eigenvalue weighted by atomic mass is 9.84. The number of aliphatic hydroxyl groups is 1. The predicted octanol–water partition coefficient (Wildman–Crippen LogP) is 2.39. The molecule has 33 heavy (non-hydrogen) atoms. The average molecular weight is 578 g/mol. The molecule has 0 aliphatic rings. The maximum absolute atomic E-state index is 12.5. The van der Waals surface area contributed by atoms with Crippen molar-refractivity contribution in [2.75, 3.05) is 6.54 Å². The van der Waals surface area contributed by atoms with Crippen molar-refractivity contribution in [1.29, 1.82) is 0 Å². The van der Waals surface area contributed by atoms with Crippen molar-refractivity contribution in [2.45, 2.75) is 71.8 Å². The number of hydrazine groups is 1. The largest absolute Gasteiger partial charge is 0.465 e. The van der Waals surface area contributed by atoms with Crippen LogP contribution in [0.3, 0.4) is 0 Å². The summed E-state index contributed by atoms with van der Waals surface area (Å²) >= 11 is 2.19. The number of carbonyl (C=O) groups is 3. The first-order valence-electron chi connectivity index (χ1n) is 10.6. The maximum atomic E-state index is 12.5. The van der Waals surface area contributed by atoms with Gasteiger partial charge in [0.25, 0.3) is 0 Å². The van der Waals surface area contributed by atoms with Crippen LogP contribution >= 0.6 is 22.6 Å². The van der Waals surface area contributed by atoms with E-state index in [0.29, 0.717) is 6.42 Å². The molecule has 1 aromatic rings. The van der Waals surface area contributed by atoms with Crippen LogP contribution in [0.4, 0.5) is 9.59 Å². The Morgan fingerprint density at radius 2 is 1.64 bits per heavy atom. The summed E-state index contributed by atoms with van der Waals surface area (Å²) < 4.78 is 6.38. The van der Waals surface area contributed by atoms with E-state index >= 15 is 0 Å². The Balaban J connectivity index is 2.78. The molecule has 0 aliphatic heterocycles. The van der Waals surface area contributed by atoms with Gasteiger partial charge in [0.15, 0.2) is 0 Å². The molecule has 0 unspecified atom stereocenters. The highest BCUT2D eigenvalue weighted by molar-refractivity contribution is 14.1. The second-order valence-corrected chi connectivity index (χ2v) is 10.6. The molecule has 0 radical (unpaired) electrons. The average Bonchev–Trinajstić information content (AvgIpc) is 2.66. The number of alkyl carbamates (subject to hydrolysis) is 1. The van der Waals surface area contributed by atoms with Crippen molar-refractivity contribution in [2.24, 2.45) is 5.41 Å². The van der Waals surface area contributed by atoms with Gasteiger partial charge in [-0.2, -0.15) is 0 Å². The van der Waals surface area contributed by atoms with E-state index in [0.717, 1.165) is 9.13 Å². The molecule has 3 amide bonds. The summed E-state index contributed by atoms with van der Waals surface area (Å²) in [6, 6.07) is 6.34. The lowest BCUT2D eigenvalue weighted by molar-refractivity contribution is -0.131. The predicted molar refractivity (Wildman–Crippen MR) is 133 cm³/mol. The van der Waals surface area contributed by atoms with Crippen LogP contribution in [0.25, 0.3) is 0 Å². The molecule has 1 rings (SSSR count). The van der Waals surface area contributed by atoms with E-state index in [1.54, 1.807) is 41.5 Å². The van der Waals surface area contributed by atoms with Crippen LogP contribution in [-0.2, 0) is 16.0 Å². The fourth-order valence-electron chi connectivity index (χ4n) is 2.72. The van der Waals surface area contributed by atoms with Crippen LogP contribution in [-0.4, -0.2) is 58.6 Å². The summed E-state index contributed by atoms with van der Waals surface area (Å²) in [6.07, 6.45) is -2.60. The highest BCUT2D eigenvalue weighted by Gasteiger charge is 2.35. The molecular formula is C22H35IN4O6. The van der Waals surface area contributed by atoms with E-state index in [-0.39, 0.29) is 6.54 Å². The number of rotatable bonds is 10. The lowest BCUT2D eigenvalue weighted by Crippen LogP contribution is -2.56. The third-order valence-corrected chi connectivity index (χ3v) is 5.78. The normalized spacial score (nSPS) is 14.5. The molecule has 0 saturated heterocycles. The van der Waals surface area contributed by atoms with Crippen molar-refractivity contribution < 1.29 is 29.3 Å².